The van der Waals surface area contributed by atoms with Crippen LogP contribution < -0.4 is 0 Å². The van der Waals surface area contributed by atoms with Gasteiger partial charge in [-0.15, -0.1) is 22.6 Å². The predicted molar refractivity (Wildman–Crippen MR) is 111 cm³/mol. The fourth-order valence-corrected chi connectivity index (χ4v) is 0.340. The van der Waals surface area contributed by atoms with Crippen LogP contribution in [0, 0.1) is 56.3 Å². The molecule has 0 saturated heterocycles. The molecule has 0 fully saturated rings. The molecular weight excluding hydrogens is 317 g/mol. The van der Waals surface area contributed by atoms with Gasteiger partial charge in [0.15, 0.2) is 0 Å². The van der Waals surface area contributed by atoms with Gasteiger partial charge in [0.2, 0.25) is 0 Å². The van der Waals surface area contributed by atoms with Gasteiger partial charge < -0.3 is 50.2 Å². The number of rotatable bonds is 0. The van der Waals surface area contributed by atoms with Gasteiger partial charge in [-0.2, -0.15) is 6.08 Å². The van der Waals surface area contributed by atoms with E-state index in [0.717, 1.165) is 6.42 Å². The van der Waals surface area contributed by atoms with E-state index in [0.29, 0.717) is 0 Å². The molecule has 0 aromatic heterocycles. The molecular formula is C18H42ScSi2-8. The van der Waals surface area contributed by atoms with E-state index < -0.39 is 16.1 Å². The maximum atomic E-state index is 3.91. The first-order valence-electron chi connectivity index (χ1n) is 5.42. The van der Waals surface area contributed by atoms with E-state index in [2.05, 4.69) is 64.5 Å². The zero-order valence-electron chi connectivity index (χ0n) is 16.9. The molecule has 1 rings (SSSR count). The van der Waals surface area contributed by atoms with Crippen LogP contribution >= 0.6 is 0 Å². The minimum absolute atomic E-state index is 0. The standard InChI is InChI=1S/C5H5.2C4H11Si.5CH3.Sc/c1-2-4-5-3-1;2*1-5(2,3)4;;;;;;/h1-3H,4H2;2*1H2,2-4H3;5*1H3;/q8*-1;. The Bertz CT molecular complexity index is 162. The Hall–Kier alpha value is 0.784. The SMILES string of the molecule is [C-]1=CC=CC1.[CH2-][Si](C)(C)C.[CH2-][Si](C)(C)C.[CH3-].[CH3-].[CH3-].[CH3-].[CH3-].[Sc]. The maximum Gasteiger partial charge on any atom is 0 e. The first-order valence-corrected chi connectivity index (χ1v) is 12.8. The van der Waals surface area contributed by atoms with Crippen molar-refractivity contribution < 1.29 is 25.8 Å². The topological polar surface area (TPSA) is 0 Å². The third kappa shape index (κ3) is 219. The Morgan fingerprint density at radius 3 is 1.05 bits per heavy atom. The molecule has 0 saturated carbocycles. The van der Waals surface area contributed by atoms with Crippen molar-refractivity contribution in [1.82, 2.24) is 0 Å². The molecule has 0 unspecified atom stereocenters. The van der Waals surface area contributed by atoms with Gasteiger partial charge in [-0.25, -0.2) is 12.2 Å². The first kappa shape index (κ1) is 49.5. The minimum Gasteiger partial charge on any atom is -0.358 e. The Morgan fingerprint density at radius 1 is 0.762 bits per heavy atom. The van der Waals surface area contributed by atoms with E-state index >= 15 is 0 Å². The smallest absolute Gasteiger partial charge is 0 e. The Balaban J connectivity index is -0.0000000176. The average molecular weight is 360 g/mol. The molecule has 1 aliphatic carbocycles. The summed E-state index contributed by atoms with van der Waals surface area (Å²) in [5.74, 6) is 0. The van der Waals surface area contributed by atoms with Crippen LogP contribution in [0.1, 0.15) is 6.42 Å². The molecule has 0 bridgehead atoms. The molecule has 0 nitrogen and oxygen atoms in total. The summed E-state index contributed by atoms with van der Waals surface area (Å²) in [5, 5.41) is 0. The van der Waals surface area contributed by atoms with E-state index in [1.54, 1.807) is 0 Å². The molecule has 0 spiro atoms. The van der Waals surface area contributed by atoms with E-state index in [9.17, 15) is 0 Å². The van der Waals surface area contributed by atoms with Crippen molar-refractivity contribution in [2.75, 3.05) is 0 Å². The fourth-order valence-electron chi connectivity index (χ4n) is 0.340. The third-order valence-corrected chi connectivity index (χ3v) is 0.586. The minimum atomic E-state index is -0.861. The largest absolute Gasteiger partial charge is 0.358 e. The molecule has 1 radical (unpaired) electrons. The van der Waals surface area contributed by atoms with Gasteiger partial charge >= 0.3 is 0 Å². The van der Waals surface area contributed by atoms with Crippen LogP contribution in [-0.4, -0.2) is 16.1 Å². The molecule has 1 aliphatic rings. The van der Waals surface area contributed by atoms with Crippen LogP contribution in [0.25, 0.3) is 0 Å². The van der Waals surface area contributed by atoms with Gasteiger partial charge in [-0.1, -0.05) is 39.3 Å². The van der Waals surface area contributed by atoms with Crippen molar-refractivity contribution in [3.63, 3.8) is 0 Å². The second kappa shape index (κ2) is 25.7. The average Bonchev–Trinajstić information content (AvgIpc) is 2.28. The molecule has 21 heavy (non-hydrogen) atoms. The molecule has 0 aromatic rings. The van der Waals surface area contributed by atoms with Crippen molar-refractivity contribution in [1.29, 1.82) is 0 Å². The summed E-state index contributed by atoms with van der Waals surface area (Å²) >= 11 is 0. The second-order valence-electron chi connectivity index (χ2n) is 6.12. The summed E-state index contributed by atoms with van der Waals surface area (Å²) in [7, 11) is -1.72. The van der Waals surface area contributed by atoms with E-state index in [-0.39, 0.29) is 63.0 Å². The summed E-state index contributed by atoms with van der Waals surface area (Å²) in [6, 6.07) is 0. The van der Waals surface area contributed by atoms with Crippen LogP contribution in [-0.2, 0) is 25.8 Å². The van der Waals surface area contributed by atoms with Crippen molar-refractivity contribution in [3.8, 4) is 0 Å². The van der Waals surface area contributed by atoms with E-state index in [1.165, 1.54) is 0 Å². The molecule has 133 valence electrons. The second-order valence-corrected chi connectivity index (χ2v) is 16.4. The molecule has 0 aliphatic heterocycles. The van der Waals surface area contributed by atoms with Gasteiger partial charge in [0.1, 0.15) is 0 Å². The third-order valence-electron chi connectivity index (χ3n) is 0.586. The van der Waals surface area contributed by atoms with Gasteiger partial charge in [0, 0.05) is 25.8 Å². The van der Waals surface area contributed by atoms with Crippen LogP contribution in [0.5, 0.6) is 0 Å². The number of hydrogen-bond acceptors (Lipinski definition) is 0. The van der Waals surface area contributed by atoms with Gasteiger partial charge in [0.05, 0.1) is 0 Å². The van der Waals surface area contributed by atoms with Crippen molar-refractivity contribution in [2.45, 2.75) is 45.7 Å². The van der Waals surface area contributed by atoms with Gasteiger partial charge in [-0.05, 0) is 0 Å². The first-order chi connectivity index (χ1) is 6.50. The monoisotopic (exact) mass is 359 g/mol. The van der Waals surface area contributed by atoms with Crippen molar-refractivity contribution in [3.05, 3.63) is 74.5 Å². The Labute approximate surface area is 161 Å². The molecule has 0 N–H and O–H groups in total. The predicted octanol–water partition coefficient (Wildman–Crippen LogP) is 6.95. The normalized spacial score (nSPS) is 9.90. The number of allylic oxidation sites excluding steroid dienone is 4. The van der Waals surface area contributed by atoms with Crippen molar-refractivity contribution >= 4 is 16.1 Å². The van der Waals surface area contributed by atoms with E-state index in [4.69, 9.17) is 0 Å². The molecule has 0 aromatic carbocycles. The summed E-state index contributed by atoms with van der Waals surface area (Å²) in [4.78, 5) is 0. The maximum absolute atomic E-state index is 3.91. The summed E-state index contributed by atoms with van der Waals surface area (Å²) < 4.78 is 0. The molecule has 0 heterocycles. The molecule has 0 atom stereocenters. The quantitative estimate of drug-likeness (QED) is 0.324. The zero-order chi connectivity index (χ0) is 12.5. The zero-order valence-corrected chi connectivity index (χ0v) is 20.7. The number of hydrogen-bond donors (Lipinski definition) is 0. The molecule has 3 heteroatoms. The summed E-state index contributed by atoms with van der Waals surface area (Å²) in [6.07, 6.45) is 10.0. The van der Waals surface area contributed by atoms with Gasteiger partial charge in [0.25, 0.3) is 0 Å². The van der Waals surface area contributed by atoms with Crippen molar-refractivity contribution in [2.24, 2.45) is 0 Å². The summed E-state index contributed by atoms with van der Waals surface area (Å²) in [5.41, 5.74) is 0. The van der Waals surface area contributed by atoms with Crippen LogP contribution in [0.2, 0.25) is 39.3 Å². The Kier molecular flexibility index (Phi) is 60.7. The fraction of sp³-hybridized carbons (Fsp3) is 0.389. The van der Waals surface area contributed by atoms with Crippen LogP contribution in [0.3, 0.4) is 0 Å². The summed E-state index contributed by atoms with van der Waals surface area (Å²) in [6.45, 7) is 21.1. The Morgan fingerprint density at radius 2 is 1.00 bits per heavy atom. The van der Waals surface area contributed by atoms with Crippen LogP contribution in [0.15, 0.2) is 18.2 Å². The van der Waals surface area contributed by atoms with E-state index in [1.807, 2.05) is 12.2 Å². The van der Waals surface area contributed by atoms with Crippen LogP contribution in [0.4, 0.5) is 0 Å². The van der Waals surface area contributed by atoms with Gasteiger partial charge in [-0.3, -0.25) is 6.08 Å². The molecule has 0 amide bonds.